The molecular weight excluding hydrogens is 250 g/mol. The van der Waals surface area contributed by atoms with Crippen LogP contribution in [-0.2, 0) is 7.05 Å². The molecule has 0 aliphatic heterocycles. The molecule has 0 unspecified atom stereocenters. The SMILES string of the molecule is CC(C)c1ccc(-n2cc(-c3cncn3C)nn2)cc1. The van der Waals surface area contributed by atoms with Crippen molar-refractivity contribution in [2.75, 3.05) is 0 Å². The Bertz CT molecular complexity index is 706. The summed E-state index contributed by atoms with van der Waals surface area (Å²) in [6.45, 7) is 4.37. The summed E-state index contributed by atoms with van der Waals surface area (Å²) in [7, 11) is 1.94. The van der Waals surface area contributed by atoms with E-state index in [0.29, 0.717) is 5.92 Å². The van der Waals surface area contributed by atoms with Gasteiger partial charge in [-0.15, -0.1) is 5.10 Å². The monoisotopic (exact) mass is 267 g/mol. The van der Waals surface area contributed by atoms with Gasteiger partial charge in [-0.3, -0.25) is 0 Å². The minimum absolute atomic E-state index is 0.532. The average Bonchev–Trinajstić information content (AvgIpc) is 3.07. The average molecular weight is 267 g/mol. The molecule has 0 amide bonds. The Hall–Kier alpha value is -2.43. The van der Waals surface area contributed by atoms with E-state index < -0.39 is 0 Å². The molecule has 0 aliphatic carbocycles. The van der Waals surface area contributed by atoms with Crippen LogP contribution in [0.4, 0.5) is 0 Å². The first-order chi connectivity index (χ1) is 9.65. The van der Waals surface area contributed by atoms with Crippen LogP contribution < -0.4 is 0 Å². The molecule has 0 bridgehead atoms. The molecule has 102 valence electrons. The molecule has 0 aliphatic rings. The molecule has 0 fully saturated rings. The van der Waals surface area contributed by atoms with Crippen LogP contribution in [0.1, 0.15) is 25.3 Å². The predicted octanol–water partition coefficient (Wildman–Crippen LogP) is 2.79. The van der Waals surface area contributed by atoms with Crippen molar-refractivity contribution in [3.8, 4) is 17.1 Å². The number of hydrogen-bond donors (Lipinski definition) is 0. The van der Waals surface area contributed by atoms with Crippen LogP contribution in [0.5, 0.6) is 0 Å². The lowest BCUT2D eigenvalue weighted by molar-refractivity contribution is 0.799. The molecule has 0 spiro atoms. The zero-order valence-electron chi connectivity index (χ0n) is 11.9. The van der Waals surface area contributed by atoms with E-state index in [0.717, 1.165) is 17.1 Å². The topological polar surface area (TPSA) is 48.5 Å². The molecule has 2 heterocycles. The first kappa shape index (κ1) is 12.6. The summed E-state index contributed by atoms with van der Waals surface area (Å²) in [5.41, 5.74) is 4.10. The molecule has 20 heavy (non-hydrogen) atoms. The molecule has 2 aromatic heterocycles. The van der Waals surface area contributed by atoms with Crippen molar-refractivity contribution < 1.29 is 0 Å². The maximum atomic E-state index is 4.21. The molecule has 0 N–H and O–H groups in total. The van der Waals surface area contributed by atoms with Crippen molar-refractivity contribution in [2.24, 2.45) is 7.05 Å². The second-order valence-corrected chi connectivity index (χ2v) is 5.18. The van der Waals surface area contributed by atoms with Gasteiger partial charge in [-0.25, -0.2) is 9.67 Å². The molecule has 5 heteroatoms. The van der Waals surface area contributed by atoms with Crippen molar-refractivity contribution in [1.29, 1.82) is 0 Å². The molecule has 1 aromatic carbocycles. The molecule has 3 aromatic rings. The quantitative estimate of drug-likeness (QED) is 0.733. The number of rotatable bonds is 3. The Morgan fingerprint density at radius 3 is 2.45 bits per heavy atom. The van der Waals surface area contributed by atoms with Gasteiger partial charge >= 0.3 is 0 Å². The second kappa shape index (κ2) is 4.92. The van der Waals surface area contributed by atoms with Crippen LogP contribution in [0.15, 0.2) is 43.0 Å². The predicted molar refractivity (Wildman–Crippen MR) is 77.7 cm³/mol. The van der Waals surface area contributed by atoms with Gasteiger partial charge in [0.1, 0.15) is 5.69 Å². The summed E-state index contributed by atoms with van der Waals surface area (Å²) in [5.74, 6) is 0.532. The summed E-state index contributed by atoms with van der Waals surface area (Å²) in [4.78, 5) is 4.10. The fourth-order valence-electron chi connectivity index (χ4n) is 2.12. The van der Waals surface area contributed by atoms with E-state index in [1.54, 1.807) is 17.2 Å². The minimum atomic E-state index is 0.532. The zero-order valence-corrected chi connectivity index (χ0v) is 11.9. The Balaban J connectivity index is 1.92. The van der Waals surface area contributed by atoms with Gasteiger partial charge in [-0.1, -0.05) is 31.2 Å². The smallest absolute Gasteiger partial charge is 0.131 e. The third kappa shape index (κ3) is 2.22. The zero-order chi connectivity index (χ0) is 14.1. The highest BCUT2D eigenvalue weighted by Gasteiger charge is 2.08. The normalized spacial score (nSPS) is 11.2. The van der Waals surface area contributed by atoms with Gasteiger partial charge in [0.05, 0.1) is 30.1 Å². The van der Waals surface area contributed by atoms with Gasteiger partial charge in [0, 0.05) is 7.05 Å². The lowest BCUT2D eigenvalue weighted by Crippen LogP contribution is -1.95. The third-order valence-corrected chi connectivity index (χ3v) is 3.40. The van der Waals surface area contributed by atoms with E-state index in [1.807, 2.05) is 17.8 Å². The maximum Gasteiger partial charge on any atom is 0.131 e. The van der Waals surface area contributed by atoms with Crippen LogP contribution in [0.25, 0.3) is 17.1 Å². The van der Waals surface area contributed by atoms with Crippen LogP contribution >= 0.6 is 0 Å². The summed E-state index contributed by atoms with van der Waals surface area (Å²) < 4.78 is 3.71. The molecule has 3 rings (SSSR count). The van der Waals surface area contributed by atoms with E-state index in [1.165, 1.54) is 5.56 Å². The second-order valence-electron chi connectivity index (χ2n) is 5.18. The van der Waals surface area contributed by atoms with Gasteiger partial charge in [0.2, 0.25) is 0 Å². The molecule has 0 radical (unpaired) electrons. The first-order valence-electron chi connectivity index (χ1n) is 6.64. The number of aromatic nitrogens is 5. The van der Waals surface area contributed by atoms with Gasteiger partial charge in [-0.05, 0) is 23.6 Å². The summed E-state index contributed by atoms with van der Waals surface area (Å²) in [6, 6.07) is 8.39. The van der Waals surface area contributed by atoms with E-state index in [2.05, 4.69) is 53.4 Å². The number of hydrogen-bond acceptors (Lipinski definition) is 3. The molecule has 0 saturated carbocycles. The highest BCUT2D eigenvalue weighted by Crippen LogP contribution is 2.19. The summed E-state index contributed by atoms with van der Waals surface area (Å²) in [5, 5.41) is 8.39. The highest BCUT2D eigenvalue weighted by molar-refractivity contribution is 5.52. The largest absolute Gasteiger partial charge is 0.332 e. The van der Waals surface area contributed by atoms with Crippen LogP contribution in [0.3, 0.4) is 0 Å². The molecular formula is C15H17N5. The standard InChI is InChI=1S/C15H17N5/c1-11(2)12-4-6-13(7-5-12)20-9-14(17-18-20)15-8-16-10-19(15)3/h4-11H,1-3H3. The first-order valence-corrected chi connectivity index (χ1v) is 6.64. The van der Waals surface area contributed by atoms with Crippen molar-refractivity contribution in [2.45, 2.75) is 19.8 Å². The molecule has 0 saturated heterocycles. The lowest BCUT2D eigenvalue weighted by Gasteiger charge is -2.06. The Morgan fingerprint density at radius 2 is 1.85 bits per heavy atom. The van der Waals surface area contributed by atoms with E-state index in [9.17, 15) is 0 Å². The van der Waals surface area contributed by atoms with Gasteiger partial charge in [0.15, 0.2) is 0 Å². The Labute approximate surface area is 117 Å². The highest BCUT2D eigenvalue weighted by atomic mass is 15.4. The van der Waals surface area contributed by atoms with Crippen molar-refractivity contribution in [3.05, 3.63) is 48.5 Å². The number of benzene rings is 1. The minimum Gasteiger partial charge on any atom is -0.332 e. The van der Waals surface area contributed by atoms with E-state index in [4.69, 9.17) is 0 Å². The fraction of sp³-hybridized carbons (Fsp3) is 0.267. The van der Waals surface area contributed by atoms with E-state index in [-0.39, 0.29) is 0 Å². The fourth-order valence-corrected chi connectivity index (χ4v) is 2.12. The Kier molecular flexibility index (Phi) is 3.10. The van der Waals surface area contributed by atoms with Crippen LogP contribution in [0.2, 0.25) is 0 Å². The number of imidazole rings is 1. The lowest BCUT2D eigenvalue weighted by atomic mass is 10.0. The Morgan fingerprint density at radius 1 is 1.10 bits per heavy atom. The van der Waals surface area contributed by atoms with Gasteiger partial charge < -0.3 is 4.57 Å². The van der Waals surface area contributed by atoms with Crippen molar-refractivity contribution in [1.82, 2.24) is 24.5 Å². The van der Waals surface area contributed by atoms with Crippen LogP contribution in [0, 0.1) is 0 Å². The molecule has 5 nitrogen and oxygen atoms in total. The molecule has 0 atom stereocenters. The van der Waals surface area contributed by atoms with Gasteiger partial charge in [0.25, 0.3) is 0 Å². The number of nitrogens with zero attached hydrogens (tertiary/aromatic N) is 5. The van der Waals surface area contributed by atoms with Crippen molar-refractivity contribution >= 4 is 0 Å². The van der Waals surface area contributed by atoms with Crippen LogP contribution in [-0.4, -0.2) is 24.5 Å². The van der Waals surface area contributed by atoms with Gasteiger partial charge in [-0.2, -0.15) is 0 Å². The number of aryl methyl sites for hydroxylation is 1. The third-order valence-electron chi connectivity index (χ3n) is 3.40. The maximum absolute atomic E-state index is 4.21. The van der Waals surface area contributed by atoms with Crippen molar-refractivity contribution in [3.63, 3.8) is 0 Å². The summed E-state index contributed by atoms with van der Waals surface area (Å²) in [6.07, 6.45) is 5.46. The van der Waals surface area contributed by atoms with E-state index >= 15 is 0 Å². The summed E-state index contributed by atoms with van der Waals surface area (Å²) >= 11 is 0.